The number of hydrogen-bond acceptors (Lipinski definition) is 2. The lowest BCUT2D eigenvalue weighted by Gasteiger charge is -2.32. The van der Waals surface area contributed by atoms with Gasteiger partial charge in [-0.05, 0) is 37.5 Å². The predicted octanol–water partition coefficient (Wildman–Crippen LogP) is 4.53. The number of halogens is 4. The van der Waals surface area contributed by atoms with Gasteiger partial charge in [-0.15, -0.1) is 0 Å². The zero-order valence-corrected chi connectivity index (χ0v) is 12.6. The van der Waals surface area contributed by atoms with E-state index in [4.69, 9.17) is 17.3 Å². The highest BCUT2D eigenvalue weighted by Gasteiger charge is 2.32. The van der Waals surface area contributed by atoms with Crippen LogP contribution in [-0.4, -0.2) is 12.1 Å². The molecule has 0 saturated heterocycles. The van der Waals surface area contributed by atoms with Crippen molar-refractivity contribution >= 4 is 17.3 Å². The van der Waals surface area contributed by atoms with Crippen LogP contribution in [0.2, 0.25) is 5.02 Å². The Morgan fingerprint density at radius 3 is 2.30 bits per heavy atom. The van der Waals surface area contributed by atoms with Crippen LogP contribution < -0.4 is 11.1 Å². The molecule has 114 valence electrons. The molecule has 0 aliphatic carbocycles. The van der Waals surface area contributed by atoms with Gasteiger partial charge in [0, 0.05) is 22.8 Å². The zero-order valence-electron chi connectivity index (χ0n) is 11.8. The quantitative estimate of drug-likeness (QED) is 0.838. The third-order valence-corrected chi connectivity index (χ3v) is 3.20. The first kappa shape index (κ1) is 17.1. The molecular formula is C14H20ClF3N2. The lowest BCUT2D eigenvalue weighted by Crippen LogP contribution is -2.43. The molecule has 1 atom stereocenters. The average Bonchev–Trinajstić information content (AvgIpc) is 2.25. The van der Waals surface area contributed by atoms with E-state index in [1.54, 1.807) is 0 Å². The van der Waals surface area contributed by atoms with Gasteiger partial charge < -0.3 is 11.1 Å². The van der Waals surface area contributed by atoms with Gasteiger partial charge in [0.2, 0.25) is 0 Å². The second kappa shape index (κ2) is 6.22. The molecule has 3 N–H and O–H groups in total. The van der Waals surface area contributed by atoms with Gasteiger partial charge in [0.05, 0.1) is 5.56 Å². The Bertz CT molecular complexity index is 460. The maximum Gasteiger partial charge on any atom is 0.416 e. The van der Waals surface area contributed by atoms with Gasteiger partial charge in [0.1, 0.15) is 0 Å². The number of nitrogens with one attached hydrogen (secondary N) is 1. The van der Waals surface area contributed by atoms with Crippen LogP contribution >= 0.6 is 11.6 Å². The summed E-state index contributed by atoms with van der Waals surface area (Å²) in [4.78, 5) is 0. The second-order valence-electron chi connectivity index (χ2n) is 5.71. The van der Waals surface area contributed by atoms with Crippen LogP contribution in [-0.2, 0) is 6.18 Å². The van der Waals surface area contributed by atoms with Crippen molar-refractivity contribution in [1.82, 2.24) is 0 Å². The largest absolute Gasteiger partial charge is 0.416 e. The molecule has 1 rings (SSSR count). The van der Waals surface area contributed by atoms with Crippen LogP contribution in [0.5, 0.6) is 0 Å². The van der Waals surface area contributed by atoms with Gasteiger partial charge in [-0.3, -0.25) is 0 Å². The zero-order chi connectivity index (χ0) is 15.6. The van der Waals surface area contributed by atoms with E-state index in [-0.39, 0.29) is 5.02 Å². The van der Waals surface area contributed by atoms with E-state index in [0.717, 1.165) is 18.6 Å². The van der Waals surface area contributed by atoms with Crippen molar-refractivity contribution in [3.63, 3.8) is 0 Å². The fourth-order valence-electron chi connectivity index (χ4n) is 2.26. The SMILES string of the molecule is CC(C)CC(C)(CN)Nc1cc(Cl)cc(C(F)(F)F)c1. The Kier molecular flexibility index (Phi) is 5.33. The average molecular weight is 309 g/mol. The summed E-state index contributed by atoms with van der Waals surface area (Å²) in [5.41, 5.74) is 4.84. The topological polar surface area (TPSA) is 38.0 Å². The van der Waals surface area contributed by atoms with Gasteiger partial charge in [-0.25, -0.2) is 0 Å². The van der Waals surface area contributed by atoms with E-state index in [1.807, 2.05) is 20.8 Å². The van der Waals surface area contributed by atoms with Crippen LogP contribution in [0.3, 0.4) is 0 Å². The minimum atomic E-state index is -4.42. The van der Waals surface area contributed by atoms with Crippen molar-refractivity contribution in [2.45, 2.75) is 38.9 Å². The third kappa shape index (κ3) is 4.87. The Labute approximate surface area is 122 Å². The Hall–Kier alpha value is -0.940. The third-order valence-electron chi connectivity index (χ3n) is 2.98. The van der Waals surface area contributed by atoms with Crippen molar-refractivity contribution in [1.29, 1.82) is 0 Å². The van der Waals surface area contributed by atoms with Crippen molar-refractivity contribution in [3.8, 4) is 0 Å². The lowest BCUT2D eigenvalue weighted by molar-refractivity contribution is -0.137. The number of hydrogen-bond donors (Lipinski definition) is 2. The van der Waals surface area contributed by atoms with E-state index in [0.29, 0.717) is 18.2 Å². The number of alkyl halides is 3. The maximum atomic E-state index is 12.8. The molecular weight excluding hydrogens is 289 g/mol. The molecule has 0 radical (unpaired) electrons. The van der Waals surface area contributed by atoms with Crippen LogP contribution in [0.15, 0.2) is 18.2 Å². The molecule has 0 amide bonds. The smallest absolute Gasteiger partial charge is 0.379 e. The molecule has 0 aliphatic heterocycles. The number of nitrogens with two attached hydrogens (primary N) is 1. The summed E-state index contributed by atoms with van der Waals surface area (Å²) in [5, 5.41) is 3.13. The molecule has 0 bridgehead atoms. The number of rotatable bonds is 5. The Balaban J connectivity index is 3.05. The Morgan fingerprint density at radius 1 is 1.25 bits per heavy atom. The summed E-state index contributed by atoms with van der Waals surface area (Å²) in [6, 6.07) is 3.44. The standard InChI is InChI=1S/C14H20ClF3N2/c1-9(2)7-13(3,8-19)20-12-5-10(14(16,17)18)4-11(15)6-12/h4-6,9,20H,7-8,19H2,1-3H3. The number of anilines is 1. The summed E-state index contributed by atoms with van der Waals surface area (Å²) in [5.74, 6) is 0.373. The van der Waals surface area contributed by atoms with Crippen molar-refractivity contribution < 1.29 is 13.2 Å². The normalized spacial score (nSPS) is 15.2. The molecule has 0 heterocycles. The highest BCUT2D eigenvalue weighted by atomic mass is 35.5. The molecule has 0 saturated carbocycles. The van der Waals surface area contributed by atoms with E-state index in [2.05, 4.69) is 5.32 Å². The molecule has 6 heteroatoms. The summed E-state index contributed by atoms with van der Waals surface area (Å²) in [6.45, 7) is 6.28. The van der Waals surface area contributed by atoms with E-state index >= 15 is 0 Å². The predicted molar refractivity (Wildman–Crippen MR) is 77.0 cm³/mol. The molecule has 0 spiro atoms. The number of benzene rings is 1. The summed E-state index contributed by atoms with van der Waals surface area (Å²) >= 11 is 5.76. The molecule has 20 heavy (non-hydrogen) atoms. The van der Waals surface area contributed by atoms with Crippen LogP contribution in [0.1, 0.15) is 32.8 Å². The first-order chi connectivity index (χ1) is 9.05. The second-order valence-corrected chi connectivity index (χ2v) is 6.15. The van der Waals surface area contributed by atoms with Crippen LogP contribution in [0, 0.1) is 5.92 Å². The van der Waals surface area contributed by atoms with E-state index in [1.165, 1.54) is 6.07 Å². The molecule has 1 aromatic carbocycles. The Morgan fingerprint density at radius 2 is 1.85 bits per heavy atom. The van der Waals surface area contributed by atoms with Crippen LogP contribution in [0.25, 0.3) is 0 Å². The van der Waals surface area contributed by atoms with Crippen molar-refractivity contribution in [2.24, 2.45) is 11.7 Å². The monoisotopic (exact) mass is 308 g/mol. The summed E-state index contributed by atoms with van der Waals surface area (Å²) in [6.07, 6.45) is -3.67. The molecule has 0 aromatic heterocycles. The maximum absolute atomic E-state index is 12.8. The van der Waals surface area contributed by atoms with E-state index < -0.39 is 17.3 Å². The molecule has 0 aliphatic rings. The van der Waals surface area contributed by atoms with E-state index in [9.17, 15) is 13.2 Å². The lowest BCUT2D eigenvalue weighted by atomic mass is 9.90. The van der Waals surface area contributed by atoms with Gasteiger partial charge in [-0.2, -0.15) is 13.2 Å². The highest BCUT2D eigenvalue weighted by molar-refractivity contribution is 6.30. The fourth-order valence-corrected chi connectivity index (χ4v) is 2.50. The highest BCUT2D eigenvalue weighted by Crippen LogP contribution is 2.34. The van der Waals surface area contributed by atoms with Gasteiger partial charge in [0.15, 0.2) is 0 Å². The summed E-state index contributed by atoms with van der Waals surface area (Å²) in [7, 11) is 0. The minimum Gasteiger partial charge on any atom is -0.379 e. The first-order valence-corrected chi connectivity index (χ1v) is 6.79. The van der Waals surface area contributed by atoms with Gasteiger partial charge in [0.25, 0.3) is 0 Å². The first-order valence-electron chi connectivity index (χ1n) is 6.42. The van der Waals surface area contributed by atoms with Gasteiger partial charge >= 0.3 is 6.18 Å². The van der Waals surface area contributed by atoms with Gasteiger partial charge in [-0.1, -0.05) is 25.4 Å². The molecule has 1 unspecified atom stereocenters. The van der Waals surface area contributed by atoms with Crippen molar-refractivity contribution in [2.75, 3.05) is 11.9 Å². The molecule has 0 fully saturated rings. The molecule has 2 nitrogen and oxygen atoms in total. The van der Waals surface area contributed by atoms with Crippen LogP contribution in [0.4, 0.5) is 18.9 Å². The van der Waals surface area contributed by atoms with Crippen molar-refractivity contribution in [3.05, 3.63) is 28.8 Å². The molecule has 1 aromatic rings. The minimum absolute atomic E-state index is 0.0474. The summed E-state index contributed by atoms with van der Waals surface area (Å²) < 4.78 is 38.3. The fraction of sp³-hybridized carbons (Fsp3) is 0.571.